The number of fused-ring (bicyclic) bond motifs is 3. The van der Waals surface area contributed by atoms with Gasteiger partial charge in [0.25, 0.3) is 10.6 Å². The Hall–Kier alpha value is -2.09. The molecule has 0 N–H and O–H groups in total. The van der Waals surface area contributed by atoms with E-state index in [0.29, 0.717) is 6.54 Å². The minimum absolute atomic E-state index is 0.139. The van der Waals surface area contributed by atoms with Crippen molar-refractivity contribution in [1.82, 2.24) is 9.47 Å². The van der Waals surface area contributed by atoms with Crippen LogP contribution in [0.15, 0.2) is 41.2 Å². The molecule has 2 aromatic heterocycles. The summed E-state index contributed by atoms with van der Waals surface area (Å²) in [6.45, 7) is 6.82. The maximum absolute atomic E-state index is 13.1. The van der Waals surface area contributed by atoms with E-state index >= 15 is 0 Å². The second-order valence-corrected chi connectivity index (χ2v) is 10.5. The third kappa shape index (κ3) is 3.11. The summed E-state index contributed by atoms with van der Waals surface area (Å²) in [7, 11) is 2.08. The summed E-state index contributed by atoms with van der Waals surface area (Å²) in [4.78, 5) is 15.3. The highest BCUT2D eigenvalue weighted by Crippen LogP contribution is 2.28. The summed E-state index contributed by atoms with van der Waals surface area (Å²) in [5.41, 5.74) is 1.43. The number of nitrogens with zero attached hydrogens (tertiary/aromatic N) is 3. The molecule has 3 heterocycles. The summed E-state index contributed by atoms with van der Waals surface area (Å²) < 4.78 is 7.49. The summed E-state index contributed by atoms with van der Waals surface area (Å²) in [6, 6.07) is 13.0. The molecular formula is C23H24N3OS3+. The molecule has 0 saturated carbocycles. The molecule has 4 nitrogen and oxygen atoms in total. The Kier molecular flexibility index (Phi) is 5.21. The lowest BCUT2D eigenvalue weighted by Crippen LogP contribution is -2.35. The van der Waals surface area contributed by atoms with Crippen LogP contribution in [0.3, 0.4) is 0 Å². The fraction of sp³-hybridized carbons (Fsp3) is 0.304. The van der Waals surface area contributed by atoms with Crippen molar-refractivity contribution in [2.75, 3.05) is 19.3 Å². The lowest BCUT2D eigenvalue weighted by molar-refractivity contribution is -0.664. The number of aryl methyl sites for hydroxylation is 1. The van der Waals surface area contributed by atoms with E-state index in [2.05, 4.69) is 72.8 Å². The number of thiazole rings is 2. The quantitative estimate of drug-likeness (QED) is 0.445. The first-order valence-electron chi connectivity index (χ1n) is 10.3. The molecule has 0 bridgehead atoms. The Morgan fingerprint density at radius 1 is 1.13 bits per heavy atom. The van der Waals surface area contributed by atoms with Crippen LogP contribution in [0.2, 0.25) is 0 Å². The molecule has 154 valence electrons. The molecule has 4 aromatic rings. The van der Waals surface area contributed by atoms with E-state index < -0.39 is 0 Å². The van der Waals surface area contributed by atoms with Crippen molar-refractivity contribution in [2.24, 2.45) is 0 Å². The summed E-state index contributed by atoms with van der Waals surface area (Å²) in [5.74, 6) is 1.05. The number of thioether (sulfide) groups is 1. The van der Waals surface area contributed by atoms with Gasteiger partial charge in [-0.05, 0) is 31.4 Å². The van der Waals surface area contributed by atoms with Crippen molar-refractivity contribution in [3.63, 3.8) is 0 Å². The van der Waals surface area contributed by atoms with E-state index in [1.807, 2.05) is 4.57 Å². The highest BCUT2D eigenvalue weighted by Gasteiger charge is 2.22. The van der Waals surface area contributed by atoms with Crippen molar-refractivity contribution in [2.45, 2.75) is 26.9 Å². The van der Waals surface area contributed by atoms with Crippen LogP contribution in [0.1, 0.15) is 18.9 Å². The second kappa shape index (κ2) is 7.87. The highest BCUT2D eigenvalue weighted by atomic mass is 32.2. The number of hydrogen-bond acceptors (Lipinski definition) is 5. The Labute approximate surface area is 187 Å². The first-order chi connectivity index (χ1) is 14.6. The van der Waals surface area contributed by atoms with Gasteiger partial charge in [0.05, 0.1) is 16.5 Å². The predicted octanol–water partition coefficient (Wildman–Crippen LogP) is 3.18. The molecule has 1 saturated heterocycles. The predicted molar refractivity (Wildman–Crippen MR) is 131 cm³/mol. The van der Waals surface area contributed by atoms with Crippen LogP contribution in [0, 0.1) is 0 Å². The molecule has 0 amide bonds. The standard InChI is InChI=1S/C23H24N3OS3/c1-4-25-18(29-17-11-10-15-8-6-7-9-16(15)20(17)25)14-19-26(5-2)22(27)21(30-19)23-24(3)12-13-28-23/h6-11,14H,4-5,12-13H2,1-3H3/q+1/b23-21+. The van der Waals surface area contributed by atoms with Crippen LogP contribution in [0.5, 0.6) is 0 Å². The van der Waals surface area contributed by atoms with Crippen LogP contribution in [-0.2, 0) is 13.1 Å². The maximum atomic E-state index is 13.1. The fourth-order valence-electron chi connectivity index (χ4n) is 4.10. The summed E-state index contributed by atoms with van der Waals surface area (Å²) in [6.07, 6.45) is 2.21. The van der Waals surface area contributed by atoms with Gasteiger partial charge in [0.2, 0.25) is 5.52 Å². The van der Waals surface area contributed by atoms with E-state index in [1.165, 1.54) is 26.0 Å². The topological polar surface area (TPSA) is 29.1 Å². The third-order valence-electron chi connectivity index (χ3n) is 5.61. The number of rotatable bonds is 3. The molecule has 30 heavy (non-hydrogen) atoms. The number of hydrogen-bond donors (Lipinski definition) is 0. The summed E-state index contributed by atoms with van der Waals surface area (Å²) in [5, 5.41) is 4.86. The molecule has 7 heteroatoms. The molecule has 0 spiro atoms. The SMILES string of the molecule is CCn1c(=O)/c(=C2\SCCN2C)s/c1=C\c1sc2ccc3ccccc3c2[n+]1CC. The smallest absolute Gasteiger partial charge is 0.271 e. The second-order valence-electron chi connectivity index (χ2n) is 7.36. The van der Waals surface area contributed by atoms with E-state index in [0.717, 1.165) is 33.1 Å². The van der Waals surface area contributed by atoms with Crippen molar-refractivity contribution in [3.8, 4) is 0 Å². The van der Waals surface area contributed by atoms with Gasteiger partial charge in [-0.3, -0.25) is 9.36 Å². The first kappa shape index (κ1) is 19.8. The molecule has 5 rings (SSSR count). The number of aromatic nitrogens is 2. The van der Waals surface area contributed by atoms with Crippen molar-refractivity contribution >= 4 is 66.5 Å². The van der Waals surface area contributed by atoms with Crippen molar-refractivity contribution in [1.29, 1.82) is 0 Å². The van der Waals surface area contributed by atoms with Gasteiger partial charge in [-0.15, -0.1) is 23.1 Å². The Bertz CT molecular complexity index is 1440. The van der Waals surface area contributed by atoms with Gasteiger partial charge in [0.1, 0.15) is 20.4 Å². The van der Waals surface area contributed by atoms with Gasteiger partial charge >= 0.3 is 0 Å². The third-order valence-corrected chi connectivity index (χ3v) is 9.13. The molecule has 0 aliphatic carbocycles. The van der Waals surface area contributed by atoms with Crippen LogP contribution >= 0.6 is 34.4 Å². The normalized spacial score (nSPS) is 17.0. The molecule has 1 aliphatic rings. The Balaban J connectivity index is 1.80. The monoisotopic (exact) mass is 454 g/mol. The molecule has 0 atom stereocenters. The van der Waals surface area contributed by atoms with Gasteiger partial charge in [0, 0.05) is 25.9 Å². The van der Waals surface area contributed by atoms with E-state index in [4.69, 9.17) is 0 Å². The maximum Gasteiger partial charge on any atom is 0.271 e. The van der Waals surface area contributed by atoms with Gasteiger partial charge in [-0.1, -0.05) is 35.6 Å². The van der Waals surface area contributed by atoms with Crippen molar-refractivity contribution < 1.29 is 4.57 Å². The Morgan fingerprint density at radius 3 is 2.70 bits per heavy atom. The lowest BCUT2D eigenvalue weighted by atomic mass is 10.1. The molecule has 0 unspecified atom stereocenters. The zero-order chi connectivity index (χ0) is 20.8. The zero-order valence-electron chi connectivity index (χ0n) is 17.3. The summed E-state index contributed by atoms with van der Waals surface area (Å²) >= 11 is 5.22. The fourth-order valence-corrected chi connectivity index (χ4v) is 7.89. The molecule has 1 aliphatic heterocycles. The molecule has 2 aromatic carbocycles. The van der Waals surface area contributed by atoms with Gasteiger partial charge in [-0.2, -0.15) is 4.57 Å². The van der Waals surface area contributed by atoms with Gasteiger partial charge in [-0.25, -0.2) is 0 Å². The van der Waals surface area contributed by atoms with Gasteiger partial charge in [0.15, 0.2) is 0 Å². The van der Waals surface area contributed by atoms with Crippen molar-refractivity contribution in [3.05, 3.63) is 61.0 Å². The number of benzene rings is 2. The lowest BCUT2D eigenvalue weighted by Gasteiger charge is -2.08. The van der Waals surface area contributed by atoms with Crippen LogP contribution < -0.4 is 19.3 Å². The minimum Gasteiger partial charge on any atom is -0.367 e. The van der Waals surface area contributed by atoms with E-state index in [-0.39, 0.29) is 5.56 Å². The van der Waals surface area contributed by atoms with E-state index in [9.17, 15) is 4.79 Å². The van der Waals surface area contributed by atoms with Crippen LogP contribution in [0.4, 0.5) is 0 Å². The van der Waals surface area contributed by atoms with E-state index in [1.54, 1.807) is 34.4 Å². The minimum atomic E-state index is 0.139. The average Bonchev–Trinajstić information content (AvgIpc) is 3.42. The Morgan fingerprint density at radius 2 is 1.97 bits per heavy atom. The van der Waals surface area contributed by atoms with Crippen LogP contribution in [-0.4, -0.2) is 28.8 Å². The first-order valence-corrected chi connectivity index (χ1v) is 12.9. The largest absolute Gasteiger partial charge is 0.367 e. The zero-order valence-corrected chi connectivity index (χ0v) is 19.8. The highest BCUT2D eigenvalue weighted by molar-refractivity contribution is 8.08. The molecule has 1 fully saturated rings. The molecular weight excluding hydrogens is 430 g/mol. The average molecular weight is 455 g/mol. The van der Waals surface area contributed by atoms with Gasteiger partial charge < -0.3 is 4.90 Å². The van der Waals surface area contributed by atoms with Crippen LogP contribution in [0.25, 0.3) is 32.1 Å². The molecule has 0 radical (unpaired) electrons.